The first-order valence-corrected chi connectivity index (χ1v) is 11.6. The topological polar surface area (TPSA) is 116 Å². The van der Waals surface area contributed by atoms with Gasteiger partial charge in [-0.1, -0.05) is 12.1 Å². The van der Waals surface area contributed by atoms with Gasteiger partial charge in [0.15, 0.2) is 5.78 Å². The van der Waals surface area contributed by atoms with E-state index in [0.29, 0.717) is 50.1 Å². The standard InChI is InChI=1S/C26H25FN4O5/c1-17(32)2-3-18-4-10-22(11-5-18)36-26-23(31(34)35)25(28-16-29-26)30-14-12-20(13-15-30)24(33)19-6-8-21(27)9-7-19/h4-11,16,20H,2-3,12-15H2,1H3. The zero-order chi connectivity index (χ0) is 25.7. The van der Waals surface area contributed by atoms with Crippen molar-refractivity contribution >= 4 is 23.1 Å². The molecular weight excluding hydrogens is 467 g/mol. The van der Waals surface area contributed by atoms with Gasteiger partial charge in [-0.2, -0.15) is 4.98 Å². The lowest BCUT2D eigenvalue weighted by atomic mass is 9.89. The average Bonchev–Trinajstić information content (AvgIpc) is 2.88. The van der Waals surface area contributed by atoms with Crippen molar-refractivity contribution in [2.24, 2.45) is 5.92 Å². The predicted molar refractivity (Wildman–Crippen MR) is 130 cm³/mol. The smallest absolute Gasteiger partial charge is 0.373 e. The molecule has 2 heterocycles. The maximum Gasteiger partial charge on any atom is 0.373 e. The summed E-state index contributed by atoms with van der Waals surface area (Å²) in [6, 6.07) is 12.4. The van der Waals surface area contributed by atoms with E-state index in [1.54, 1.807) is 29.2 Å². The second kappa shape index (κ2) is 11.0. The van der Waals surface area contributed by atoms with Crippen LogP contribution in [0.5, 0.6) is 11.6 Å². The molecule has 0 atom stereocenters. The van der Waals surface area contributed by atoms with Crippen molar-refractivity contribution in [2.45, 2.75) is 32.6 Å². The first-order chi connectivity index (χ1) is 17.3. The van der Waals surface area contributed by atoms with Gasteiger partial charge in [-0.05, 0) is 68.1 Å². The molecule has 0 N–H and O–H groups in total. The molecule has 36 heavy (non-hydrogen) atoms. The van der Waals surface area contributed by atoms with Gasteiger partial charge >= 0.3 is 11.6 Å². The number of piperidine rings is 1. The molecule has 1 aromatic heterocycles. The molecule has 3 aromatic rings. The summed E-state index contributed by atoms with van der Waals surface area (Å²) in [6.45, 7) is 2.31. The molecule has 0 amide bonds. The van der Waals surface area contributed by atoms with Gasteiger partial charge in [-0.3, -0.25) is 14.9 Å². The largest absolute Gasteiger partial charge is 0.434 e. The highest BCUT2D eigenvalue weighted by molar-refractivity contribution is 5.98. The number of nitro groups is 1. The highest BCUT2D eigenvalue weighted by atomic mass is 19.1. The molecule has 1 saturated heterocycles. The Morgan fingerprint density at radius 1 is 1.08 bits per heavy atom. The fraction of sp³-hybridized carbons (Fsp3) is 0.308. The molecule has 9 nitrogen and oxygen atoms in total. The number of aromatic nitrogens is 2. The minimum Gasteiger partial charge on any atom is -0.434 e. The predicted octanol–water partition coefficient (Wildman–Crippen LogP) is 4.94. The van der Waals surface area contributed by atoms with E-state index in [0.717, 1.165) is 5.56 Å². The molecule has 2 aromatic carbocycles. The molecular formula is C26H25FN4O5. The number of benzene rings is 2. The van der Waals surface area contributed by atoms with Gasteiger partial charge in [0.25, 0.3) is 0 Å². The average molecular weight is 493 g/mol. The number of carbonyl (C=O) groups excluding carboxylic acids is 2. The Labute approximate surface area is 207 Å². The van der Waals surface area contributed by atoms with E-state index < -0.39 is 10.7 Å². The number of anilines is 1. The van der Waals surface area contributed by atoms with Crippen LogP contribution < -0.4 is 9.64 Å². The minimum absolute atomic E-state index is 0.0670. The number of ether oxygens (including phenoxy) is 1. The monoisotopic (exact) mass is 492 g/mol. The number of Topliss-reactive ketones (excluding diaryl/α,β-unsaturated/α-hetero) is 2. The van der Waals surface area contributed by atoms with Crippen LogP contribution in [0.2, 0.25) is 0 Å². The molecule has 0 bridgehead atoms. The fourth-order valence-electron chi connectivity index (χ4n) is 4.18. The van der Waals surface area contributed by atoms with E-state index in [9.17, 15) is 24.1 Å². The van der Waals surface area contributed by atoms with Crippen molar-refractivity contribution in [3.63, 3.8) is 0 Å². The molecule has 1 aliphatic rings. The Kier molecular flexibility index (Phi) is 7.62. The third kappa shape index (κ3) is 5.88. The molecule has 10 heteroatoms. The number of rotatable bonds is 9. The maximum absolute atomic E-state index is 13.2. The van der Waals surface area contributed by atoms with Crippen LogP contribution in [0.3, 0.4) is 0 Å². The second-order valence-corrected chi connectivity index (χ2v) is 8.69. The Morgan fingerprint density at radius 2 is 1.75 bits per heavy atom. The van der Waals surface area contributed by atoms with Crippen LogP contribution in [0.4, 0.5) is 15.9 Å². The van der Waals surface area contributed by atoms with Crippen LogP contribution in [-0.2, 0) is 11.2 Å². The summed E-state index contributed by atoms with van der Waals surface area (Å²) < 4.78 is 18.9. The van der Waals surface area contributed by atoms with Crippen LogP contribution in [0, 0.1) is 21.8 Å². The number of hydrogen-bond donors (Lipinski definition) is 0. The molecule has 186 valence electrons. The van der Waals surface area contributed by atoms with Crippen molar-refractivity contribution in [3.8, 4) is 11.6 Å². The molecule has 0 spiro atoms. The molecule has 0 saturated carbocycles. The van der Waals surface area contributed by atoms with E-state index >= 15 is 0 Å². The maximum atomic E-state index is 13.2. The number of hydrogen-bond acceptors (Lipinski definition) is 8. The van der Waals surface area contributed by atoms with E-state index in [2.05, 4.69) is 9.97 Å². The van der Waals surface area contributed by atoms with Gasteiger partial charge in [-0.25, -0.2) is 9.37 Å². The van der Waals surface area contributed by atoms with Crippen molar-refractivity contribution in [3.05, 3.63) is 81.9 Å². The summed E-state index contributed by atoms with van der Waals surface area (Å²) in [7, 11) is 0. The minimum atomic E-state index is -0.568. The summed E-state index contributed by atoms with van der Waals surface area (Å²) in [4.78, 5) is 45.3. The van der Waals surface area contributed by atoms with Gasteiger partial charge in [0.2, 0.25) is 5.82 Å². The van der Waals surface area contributed by atoms with E-state index in [-0.39, 0.29) is 34.9 Å². The quantitative estimate of drug-likeness (QED) is 0.234. The van der Waals surface area contributed by atoms with Gasteiger partial charge in [-0.15, -0.1) is 0 Å². The zero-order valence-corrected chi connectivity index (χ0v) is 19.7. The molecule has 0 aliphatic carbocycles. The summed E-state index contributed by atoms with van der Waals surface area (Å²) in [5, 5.41) is 12.0. The van der Waals surface area contributed by atoms with E-state index in [1.807, 2.05) is 0 Å². The Morgan fingerprint density at radius 3 is 2.36 bits per heavy atom. The highest BCUT2D eigenvalue weighted by Gasteiger charge is 2.33. The van der Waals surface area contributed by atoms with Crippen LogP contribution >= 0.6 is 0 Å². The Hall–Kier alpha value is -4.21. The fourth-order valence-corrected chi connectivity index (χ4v) is 4.18. The Balaban J connectivity index is 1.47. The summed E-state index contributed by atoms with van der Waals surface area (Å²) in [5.41, 5.74) is 1.06. The number of aryl methyl sites for hydroxylation is 1. The van der Waals surface area contributed by atoms with Gasteiger partial charge in [0.1, 0.15) is 23.7 Å². The second-order valence-electron chi connectivity index (χ2n) is 8.69. The van der Waals surface area contributed by atoms with Crippen molar-refractivity contribution in [1.29, 1.82) is 0 Å². The Bertz CT molecular complexity index is 1260. The molecule has 1 aliphatic heterocycles. The zero-order valence-electron chi connectivity index (χ0n) is 19.7. The van der Waals surface area contributed by atoms with E-state index in [4.69, 9.17) is 4.74 Å². The SMILES string of the molecule is CC(=O)CCc1ccc(Oc2ncnc(N3CCC(C(=O)c4ccc(F)cc4)CC3)c2[N+](=O)[O-])cc1. The molecule has 4 rings (SSSR count). The van der Waals surface area contributed by atoms with Gasteiger partial charge in [0, 0.05) is 31.0 Å². The van der Waals surface area contributed by atoms with Gasteiger partial charge < -0.3 is 14.4 Å². The highest BCUT2D eigenvalue weighted by Crippen LogP contribution is 2.37. The first-order valence-electron chi connectivity index (χ1n) is 11.6. The third-order valence-electron chi connectivity index (χ3n) is 6.15. The van der Waals surface area contributed by atoms with Crippen molar-refractivity contribution in [2.75, 3.05) is 18.0 Å². The van der Waals surface area contributed by atoms with Crippen LogP contribution in [-0.4, -0.2) is 39.5 Å². The molecule has 1 fully saturated rings. The van der Waals surface area contributed by atoms with Gasteiger partial charge in [0.05, 0.1) is 4.92 Å². The normalized spacial score (nSPS) is 13.9. The summed E-state index contributed by atoms with van der Waals surface area (Å²) in [6.07, 6.45) is 3.22. The number of halogens is 1. The number of nitrogens with zero attached hydrogens (tertiary/aromatic N) is 4. The van der Waals surface area contributed by atoms with Crippen LogP contribution in [0.15, 0.2) is 54.9 Å². The van der Waals surface area contributed by atoms with E-state index in [1.165, 1.54) is 37.5 Å². The summed E-state index contributed by atoms with van der Waals surface area (Å²) >= 11 is 0. The number of carbonyl (C=O) groups is 2. The first kappa shape index (κ1) is 24.9. The third-order valence-corrected chi connectivity index (χ3v) is 6.15. The van der Waals surface area contributed by atoms with Crippen molar-refractivity contribution in [1.82, 2.24) is 9.97 Å². The lowest BCUT2D eigenvalue weighted by Gasteiger charge is -2.31. The summed E-state index contributed by atoms with van der Waals surface area (Å²) in [5.74, 6) is -0.296. The molecule has 0 unspecified atom stereocenters. The van der Waals surface area contributed by atoms with Crippen LogP contribution in [0.1, 0.15) is 42.1 Å². The molecule has 0 radical (unpaired) electrons. The van der Waals surface area contributed by atoms with Crippen molar-refractivity contribution < 1.29 is 23.6 Å². The van der Waals surface area contributed by atoms with Crippen LogP contribution in [0.25, 0.3) is 0 Å². The lowest BCUT2D eigenvalue weighted by Crippen LogP contribution is -2.37. The lowest BCUT2D eigenvalue weighted by molar-refractivity contribution is -0.385. The number of ketones is 2.